The van der Waals surface area contributed by atoms with E-state index in [9.17, 15) is 4.79 Å². The summed E-state index contributed by atoms with van der Waals surface area (Å²) in [5.41, 5.74) is 0.780. The van der Waals surface area contributed by atoms with E-state index >= 15 is 0 Å². The van der Waals surface area contributed by atoms with Gasteiger partial charge in [-0.15, -0.1) is 0 Å². The van der Waals surface area contributed by atoms with Gasteiger partial charge < -0.3 is 10.6 Å². The standard InChI is InChI=1S/C21H26N2O/c24-21(23-20-14-12-17-16-18(17)13-15-20)22-19-10-8-6-4-2-1-3-5-7-9-11-19/h1-11,17-18,20H,12-16H2,(H2,22,23,24)/b2-1-,3-1?,4-2?,5-3-,6-4-,7-5?,8-6?,9-7-,10-8?,11-9?,19-10?,19-11?. The van der Waals surface area contributed by atoms with Crippen molar-refractivity contribution in [3.8, 4) is 0 Å². The fourth-order valence-corrected chi connectivity index (χ4v) is 3.40. The second-order valence-electron chi connectivity index (χ2n) is 6.73. The lowest BCUT2D eigenvalue weighted by molar-refractivity contribution is 0.238. The Labute approximate surface area is 144 Å². The van der Waals surface area contributed by atoms with Crippen molar-refractivity contribution >= 4 is 6.03 Å². The number of urea groups is 1. The van der Waals surface area contributed by atoms with Crippen LogP contribution in [-0.4, -0.2) is 12.1 Å². The minimum absolute atomic E-state index is 0.105. The Morgan fingerprint density at radius 2 is 1.38 bits per heavy atom. The van der Waals surface area contributed by atoms with E-state index in [0.717, 1.165) is 30.4 Å². The van der Waals surface area contributed by atoms with Gasteiger partial charge in [0, 0.05) is 11.7 Å². The van der Waals surface area contributed by atoms with Crippen LogP contribution in [0.5, 0.6) is 0 Å². The molecule has 0 spiro atoms. The molecule has 24 heavy (non-hydrogen) atoms. The van der Waals surface area contributed by atoms with Crippen molar-refractivity contribution in [1.82, 2.24) is 10.6 Å². The maximum absolute atomic E-state index is 12.3. The number of carbonyl (C=O) groups excluding carboxylic acids is 1. The number of amides is 2. The molecule has 0 aliphatic heterocycles. The van der Waals surface area contributed by atoms with Crippen molar-refractivity contribution in [2.45, 2.75) is 38.1 Å². The van der Waals surface area contributed by atoms with Crippen molar-refractivity contribution in [3.63, 3.8) is 0 Å². The van der Waals surface area contributed by atoms with Gasteiger partial charge in [0.15, 0.2) is 0 Å². The second kappa shape index (κ2) is 8.53. The van der Waals surface area contributed by atoms with E-state index in [1.165, 1.54) is 19.3 Å². The topological polar surface area (TPSA) is 41.1 Å². The molecular formula is C21H26N2O. The molecule has 0 aromatic heterocycles. The first-order valence-electron chi connectivity index (χ1n) is 8.94. The van der Waals surface area contributed by atoms with Gasteiger partial charge in [-0.2, -0.15) is 0 Å². The highest BCUT2D eigenvalue weighted by Gasteiger charge is 2.39. The third-order valence-corrected chi connectivity index (χ3v) is 4.87. The summed E-state index contributed by atoms with van der Waals surface area (Å²) in [5.74, 6) is 1.88. The third-order valence-electron chi connectivity index (χ3n) is 4.87. The van der Waals surface area contributed by atoms with Crippen LogP contribution in [0.4, 0.5) is 4.79 Å². The monoisotopic (exact) mass is 322 g/mol. The van der Waals surface area contributed by atoms with Crippen LogP contribution in [-0.2, 0) is 0 Å². The second-order valence-corrected chi connectivity index (χ2v) is 6.73. The van der Waals surface area contributed by atoms with Gasteiger partial charge in [0.2, 0.25) is 0 Å². The predicted octanol–water partition coefficient (Wildman–Crippen LogP) is 4.54. The molecule has 2 fully saturated rings. The summed E-state index contributed by atoms with van der Waals surface area (Å²) in [6.07, 6.45) is 27.6. The zero-order valence-electron chi connectivity index (χ0n) is 14.0. The Bertz CT molecular complexity index is 610. The van der Waals surface area contributed by atoms with Crippen molar-refractivity contribution in [2.24, 2.45) is 11.8 Å². The number of nitrogens with one attached hydrogen (secondary N) is 2. The molecule has 0 aromatic rings. The number of fused-ring (bicyclic) bond motifs is 1. The number of hydrogen-bond donors (Lipinski definition) is 2. The molecule has 2 saturated carbocycles. The molecule has 2 unspecified atom stereocenters. The molecule has 0 heterocycles. The van der Waals surface area contributed by atoms with Gasteiger partial charge in [-0.1, -0.05) is 54.7 Å². The van der Waals surface area contributed by atoms with E-state index in [4.69, 9.17) is 0 Å². The largest absolute Gasteiger partial charge is 0.335 e. The average Bonchev–Trinajstić information content (AvgIpc) is 3.32. The summed E-state index contributed by atoms with van der Waals surface area (Å²) < 4.78 is 0. The first-order chi connectivity index (χ1) is 11.8. The summed E-state index contributed by atoms with van der Waals surface area (Å²) in [5, 5.41) is 6.10. The Kier molecular flexibility index (Phi) is 5.89. The highest BCUT2D eigenvalue weighted by molar-refractivity contribution is 5.76. The number of allylic oxidation sites excluding steroid dienone is 11. The molecule has 3 rings (SSSR count). The van der Waals surface area contributed by atoms with Crippen molar-refractivity contribution < 1.29 is 4.79 Å². The highest BCUT2D eigenvalue weighted by atomic mass is 16.2. The van der Waals surface area contributed by atoms with Gasteiger partial charge in [-0.25, -0.2) is 4.79 Å². The van der Waals surface area contributed by atoms with Crippen LogP contribution in [0.25, 0.3) is 0 Å². The minimum atomic E-state index is -0.105. The number of hydrogen-bond acceptors (Lipinski definition) is 1. The number of carbonyl (C=O) groups is 1. The van der Waals surface area contributed by atoms with Gasteiger partial charge in [0.05, 0.1) is 0 Å². The number of rotatable bonds is 2. The molecule has 0 saturated heterocycles. The summed E-state index contributed by atoms with van der Waals surface area (Å²) in [6.45, 7) is 0. The maximum atomic E-state index is 12.3. The van der Waals surface area contributed by atoms with Crippen LogP contribution < -0.4 is 10.6 Å². The fraction of sp³-hybridized carbons (Fsp3) is 0.381. The Hall–Kier alpha value is -2.29. The lowest BCUT2D eigenvalue weighted by atomic mass is 10.1. The zero-order chi connectivity index (χ0) is 16.6. The smallest absolute Gasteiger partial charge is 0.319 e. The Morgan fingerprint density at radius 1 is 0.792 bits per heavy atom. The molecule has 2 atom stereocenters. The van der Waals surface area contributed by atoms with Crippen LogP contribution in [0.2, 0.25) is 0 Å². The van der Waals surface area contributed by atoms with Crippen LogP contribution in [0, 0.1) is 11.8 Å². The predicted molar refractivity (Wildman–Crippen MR) is 99.3 cm³/mol. The molecule has 2 N–H and O–H groups in total. The first-order valence-corrected chi connectivity index (χ1v) is 8.94. The van der Waals surface area contributed by atoms with Gasteiger partial charge in [-0.05, 0) is 56.1 Å². The molecule has 2 amide bonds. The van der Waals surface area contributed by atoms with E-state index in [-0.39, 0.29) is 6.03 Å². The molecule has 126 valence electrons. The third kappa shape index (κ3) is 5.41. The molecule has 0 aromatic carbocycles. The van der Waals surface area contributed by atoms with Crippen LogP contribution in [0.15, 0.2) is 72.5 Å². The van der Waals surface area contributed by atoms with Crippen LogP contribution in [0.1, 0.15) is 32.1 Å². The van der Waals surface area contributed by atoms with Crippen LogP contribution in [0.3, 0.4) is 0 Å². The lowest BCUT2D eigenvalue weighted by Crippen LogP contribution is -2.41. The van der Waals surface area contributed by atoms with Gasteiger partial charge >= 0.3 is 6.03 Å². The van der Waals surface area contributed by atoms with Crippen LogP contribution >= 0.6 is 0 Å². The van der Waals surface area contributed by atoms with E-state index in [1.807, 2.05) is 66.8 Å². The quantitative estimate of drug-likeness (QED) is 0.770. The van der Waals surface area contributed by atoms with Gasteiger partial charge in [0.25, 0.3) is 0 Å². The molecule has 3 aliphatic carbocycles. The average molecular weight is 322 g/mol. The summed E-state index contributed by atoms with van der Waals surface area (Å²) in [4.78, 5) is 12.3. The van der Waals surface area contributed by atoms with Gasteiger partial charge in [0.1, 0.15) is 0 Å². The molecule has 3 heteroatoms. The van der Waals surface area contributed by atoms with E-state index in [1.54, 1.807) is 0 Å². The van der Waals surface area contributed by atoms with E-state index in [0.29, 0.717) is 6.04 Å². The highest BCUT2D eigenvalue weighted by Crippen LogP contribution is 2.47. The molecule has 3 aliphatic rings. The normalized spacial score (nSPS) is 34.2. The van der Waals surface area contributed by atoms with Crippen molar-refractivity contribution in [2.75, 3.05) is 0 Å². The molecular weight excluding hydrogens is 296 g/mol. The summed E-state index contributed by atoms with van der Waals surface area (Å²) >= 11 is 0. The molecule has 3 nitrogen and oxygen atoms in total. The van der Waals surface area contributed by atoms with Crippen molar-refractivity contribution in [3.05, 3.63) is 72.5 Å². The zero-order valence-corrected chi connectivity index (χ0v) is 14.0. The Balaban J connectivity index is 1.54. The Morgan fingerprint density at radius 3 is 2.04 bits per heavy atom. The van der Waals surface area contributed by atoms with E-state index in [2.05, 4.69) is 10.6 Å². The molecule has 0 bridgehead atoms. The van der Waals surface area contributed by atoms with E-state index < -0.39 is 0 Å². The SMILES string of the molecule is O=C(NC1=C\C=C/C=C\C=C/C=C\C=C1)NC1CCC2CC2CC1. The molecule has 0 radical (unpaired) electrons. The van der Waals surface area contributed by atoms with Crippen molar-refractivity contribution in [1.29, 1.82) is 0 Å². The summed E-state index contributed by atoms with van der Waals surface area (Å²) in [7, 11) is 0. The minimum Gasteiger partial charge on any atom is -0.335 e. The first kappa shape index (κ1) is 16.6. The lowest BCUT2D eigenvalue weighted by Gasteiger charge is -2.17. The summed E-state index contributed by atoms with van der Waals surface area (Å²) in [6, 6.07) is 0.212. The fourth-order valence-electron chi connectivity index (χ4n) is 3.40. The van der Waals surface area contributed by atoms with Gasteiger partial charge in [-0.3, -0.25) is 0 Å². The maximum Gasteiger partial charge on any atom is 0.319 e.